The van der Waals surface area contributed by atoms with Crippen LogP contribution in [0.4, 0.5) is 0 Å². The van der Waals surface area contributed by atoms with Gasteiger partial charge in [0.25, 0.3) is 0 Å². The van der Waals surface area contributed by atoms with Crippen molar-refractivity contribution in [1.82, 2.24) is 0 Å². The molecule has 0 aromatic rings. The Kier molecular flexibility index (Phi) is 18.3. The maximum atomic E-state index is 11.8. The zero-order valence-electron chi connectivity index (χ0n) is 17.4. The van der Waals surface area contributed by atoms with Gasteiger partial charge in [0.1, 0.15) is 0 Å². The van der Waals surface area contributed by atoms with E-state index in [0.717, 1.165) is 19.3 Å². The van der Waals surface area contributed by atoms with Crippen LogP contribution >= 0.6 is 0 Å². The fraction of sp³-hybridized carbons (Fsp3) is 0.952. The van der Waals surface area contributed by atoms with Crippen LogP contribution in [0, 0.1) is 11.8 Å². The van der Waals surface area contributed by atoms with Gasteiger partial charge in [-0.25, -0.2) is 0 Å². The number of unbranched alkanes of at least 4 members (excludes halogenated alkanes) is 13. The molecule has 0 aliphatic rings. The monoisotopic (exact) mass is 406 g/mol. The molecule has 26 heavy (non-hydrogen) atoms. The summed E-state index contributed by atoms with van der Waals surface area (Å²) in [6, 6.07) is 0. The molecule has 0 saturated carbocycles. The molecule has 5 heteroatoms. The Morgan fingerprint density at radius 2 is 1.19 bits per heavy atom. The Labute approximate surface area is 168 Å². The van der Waals surface area contributed by atoms with Gasteiger partial charge in [0.15, 0.2) is 0 Å². The summed E-state index contributed by atoms with van der Waals surface area (Å²) < 4.78 is 24.1. The summed E-state index contributed by atoms with van der Waals surface area (Å²) in [6.45, 7) is 6.20. The van der Waals surface area contributed by atoms with E-state index in [2.05, 4.69) is 10.2 Å². The van der Waals surface area contributed by atoms with E-state index in [0.29, 0.717) is 0 Å². The maximum absolute atomic E-state index is 11.8. The molecular weight excluding hydrogens is 364 g/mol. The molecule has 1 unspecified atom stereocenters. The van der Waals surface area contributed by atoms with E-state index in [1.807, 2.05) is 13.8 Å². The minimum atomic E-state index is -3.75. The quantitative estimate of drug-likeness (QED) is 0.210. The molecule has 0 heterocycles. The van der Waals surface area contributed by atoms with Crippen molar-refractivity contribution in [3.63, 3.8) is 0 Å². The average molecular weight is 406 g/mol. The number of hydrogen-bond acceptors (Lipinski definition) is 3. The average Bonchev–Trinajstić information content (AvgIpc) is 2.57. The van der Waals surface area contributed by atoms with Gasteiger partial charge in [-0.2, -0.15) is 0 Å². The van der Waals surface area contributed by atoms with E-state index in [4.69, 9.17) is 3.69 Å². The summed E-state index contributed by atoms with van der Waals surface area (Å²) >= 11 is -3.75. The van der Waals surface area contributed by atoms with Gasteiger partial charge < -0.3 is 0 Å². The second-order valence-electron chi connectivity index (χ2n) is 7.92. The van der Waals surface area contributed by atoms with Gasteiger partial charge >= 0.3 is 123 Å². The van der Waals surface area contributed by atoms with Crippen molar-refractivity contribution in [1.29, 1.82) is 0 Å². The van der Waals surface area contributed by atoms with Crippen LogP contribution in [0.3, 0.4) is 0 Å². The molecule has 1 N–H and O–H groups in total. The number of hydrogen-bond donors (Lipinski definition) is 1. The molecular formula is C21H42O4Ti. The molecule has 0 radical (unpaired) electrons. The number of rotatable bonds is 18. The van der Waals surface area contributed by atoms with E-state index in [1.165, 1.54) is 77.0 Å². The fourth-order valence-electron chi connectivity index (χ4n) is 3.44. The number of carbonyl (C=O) groups excluding carboxylic acids is 1. The van der Waals surface area contributed by atoms with Crippen LogP contribution in [0.15, 0.2) is 0 Å². The second kappa shape index (κ2) is 18.3. The first-order valence-corrected chi connectivity index (χ1v) is 12.9. The molecule has 0 amide bonds. The van der Waals surface area contributed by atoms with E-state index in [-0.39, 0.29) is 11.8 Å². The predicted octanol–water partition coefficient (Wildman–Crippen LogP) is 6.46. The molecule has 0 rings (SSSR count). The molecule has 0 aliphatic heterocycles. The van der Waals surface area contributed by atoms with E-state index in [1.54, 1.807) is 0 Å². The van der Waals surface area contributed by atoms with Crippen molar-refractivity contribution in [3.8, 4) is 0 Å². The van der Waals surface area contributed by atoms with Crippen molar-refractivity contribution in [2.75, 3.05) is 0 Å². The first-order valence-electron chi connectivity index (χ1n) is 10.9. The summed E-state index contributed by atoms with van der Waals surface area (Å²) in [5.41, 5.74) is 0. The second-order valence-corrected chi connectivity index (χ2v) is 9.07. The first kappa shape index (κ1) is 25.9. The van der Waals surface area contributed by atoms with Crippen molar-refractivity contribution >= 4 is 5.97 Å². The van der Waals surface area contributed by atoms with Crippen LogP contribution in [0.2, 0.25) is 0 Å². The zero-order chi connectivity index (χ0) is 19.6. The Hall–Kier alpha value is -0.0557. The van der Waals surface area contributed by atoms with E-state index in [9.17, 15) is 8.12 Å². The summed E-state index contributed by atoms with van der Waals surface area (Å²) in [6.07, 6.45) is 19.2. The Bertz CT molecular complexity index is 358. The third-order valence-corrected chi connectivity index (χ3v) is 5.75. The van der Waals surface area contributed by atoms with Gasteiger partial charge in [-0.1, -0.05) is 45.4 Å². The molecule has 0 fully saturated rings. The van der Waals surface area contributed by atoms with Gasteiger partial charge in [0, 0.05) is 0 Å². The Balaban J connectivity index is 3.48. The van der Waals surface area contributed by atoms with Crippen LogP contribution < -0.4 is 0 Å². The van der Waals surface area contributed by atoms with E-state index < -0.39 is 24.6 Å². The molecule has 0 saturated heterocycles. The van der Waals surface area contributed by atoms with Crippen molar-refractivity contribution in [3.05, 3.63) is 0 Å². The third kappa shape index (κ3) is 16.1. The molecule has 1 atom stereocenters. The SMILES string of the molecule is CCCCCCCCCCCCCCCCC(C(=O)[O][Ti](=[O])[OH])C(C)C. The third-order valence-electron chi connectivity index (χ3n) is 5.16. The summed E-state index contributed by atoms with van der Waals surface area (Å²) in [5.74, 6) is -0.569. The van der Waals surface area contributed by atoms with Crippen LogP contribution in [-0.2, 0) is 30.1 Å². The van der Waals surface area contributed by atoms with Crippen LogP contribution in [-0.4, -0.2) is 9.66 Å². The van der Waals surface area contributed by atoms with Gasteiger partial charge in [-0.05, 0) is 0 Å². The van der Waals surface area contributed by atoms with Crippen molar-refractivity contribution in [2.24, 2.45) is 11.8 Å². The molecule has 0 aromatic carbocycles. The van der Waals surface area contributed by atoms with Gasteiger partial charge in [0.05, 0.1) is 0 Å². The molecule has 154 valence electrons. The molecule has 0 bridgehead atoms. The number of carbonyl (C=O) groups is 1. The minimum absolute atomic E-state index is 0.155. The van der Waals surface area contributed by atoms with Crippen molar-refractivity contribution < 1.29 is 33.7 Å². The summed E-state index contributed by atoms with van der Waals surface area (Å²) in [5, 5.41) is 0. The molecule has 0 aromatic heterocycles. The van der Waals surface area contributed by atoms with Gasteiger partial charge in [0.2, 0.25) is 0 Å². The fourth-order valence-corrected chi connectivity index (χ4v) is 3.95. The normalized spacial score (nSPS) is 12.3. The van der Waals surface area contributed by atoms with Crippen LogP contribution in [0.25, 0.3) is 0 Å². The standard InChI is InChI=1S/C21H42O2.H2O.O.Ti/c1-4-5-6-7-8-9-10-11-12-13-14-15-16-17-18-20(19(2)3)21(22)23;;;/h19-20H,4-18H2,1-3H3,(H,22,23);1H2;;/q;;;+2/p-2. The van der Waals surface area contributed by atoms with Gasteiger partial charge in [-0.3, -0.25) is 0 Å². The predicted molar refractivity (Wildman–Crippen MR) is 102 cm³/mol. The van der Waals surface area contributed by atoms with Gasteiger partial charge in [-0.15, -0.1) is 0 Å². The first-order chi connectivity index (χ1) is 12.5. The topological polar surface area (TPSA) is 63.6 Å². The molecule has 0 spiro atoms. The Morgan fingerprint density at radius 1 is 0.808 bits per heavy atom. The summed E-state index contributed by atoms with van der Waals surface area (Å²) in [4.78, 5) is 11.8. The van der Waals surface area contributed by atoms with Crippen LogP contribution in [0.1, 0.15) is 117 Å². The Morgan fingerprint density at radius 3 is 1.54 bits per heavy atom. The van der Waals surface area contributed by atoms with E-state index >= 15 is 0 Å². The zero-order valence-corrected chi connectivity index (χ0v) is 19.0. The van der Waals surface area contributed by atoms with Crippen molar-refractivity contribution in [2.45, 2.75) is 117 Å². The molecule has 0 aliphatic carbocycles. The van der Waals surface area contributed by atoms with Crippen LogP contribution in [0.5, 0.6) is 0 Å². The summed E-state index contributed by atoms with van der Waals surface area (Å²) in [7, 11) is 0. The molecule has 4 nitrogen and oxygen atoms in total.